The van der Waals surface area contributed by atoms with Crippen LogP contribution in [0.15, 0.2) is 24.0 Å². The predicted molar refractivity (Wildman–Crippen MR) is 44.1 cm³/mol. The van der Waals surface area contributed by atoms with Gasteiger partial charge < -0.3 is 10.0 Å². The van der Waals surface area contributed by atoms with E-state index in [2.05, 4.69) is 0 Å². The lowest BCUT2D eigenvalue weighted by atomic mass is 10.4. The van der Waals surface area contributed by atoms with Crippen molar-refractivity contribution in [2.24, 2.45) is 0 Å². The average Bonchev–Trinajstić information content (AvgIpc) is 1.82. The highest BCUT2D eigenvalue weighted by Crippen LogP contribution is 1.90. The van der Waals surface area contributed by atoms with Gasteiger partial charge in [-0.15, -0.1) is 0 Å². The van der Waals surface area contributed by atoms with Crippen LogP contribution in [0.3, 0.4) is 0 Å². The van der Waals surface area contributed by atoms with Crippen molar-refractivity contribution in [1.82, 2.24) is 4.90 Å². The number of allylic oxidation sites excluding steroid dienone is 3. The van der Waals surface area contributed by atoms with E-state index in [0.29, 0.717) is 12.3 Å². The highest BCUT2D eigenvalue weighted by Gasteiger charge is 1.91. The van der Waals surface area contributed by atoms with Crippen LogP contribution in [-0.2, 0) is 0 Å². The van der Waals surface area contributed by atoms with Crippen molar-refractivity contribution >= 4 is 0 Å². The van der Waals surface area contributed by atoms with Crippen molar-refractivity contribution in [1.29, 1.82) is 0 Å². The van der Waals surface area contributed by atoms with Crippen molar-refractivity contribution < 1.29 is 5.11 Å². The summed E-state index contributed by atoms with van der Waals surface area (Å²) < 4.78 is 0. The number of likely N-dealkylation sites (N-methyl/N-ethyl adjacent to an activating group) is 1. The maximum Gasteiger partial charge on any atom is 0.106 e. The van der Waals surface area contributed by atoms with Gasteiger partial charge in [-0.25, -0.2) is 0 Å². The smallest absolute Gasteiger partial charge is 0.106 e. The molecule has 0 aliphatic heterocycles. The molecule has 0 saturated carbocycles. The molecule has 10 heavy (non-hydrogen) atoms. The second kappa shape index (κ2) is 5.06. The lowest BCUT2D eigenvalue weighted by molar-refractivity contribution is 0.324. The van der Waals surface area contributed by atoms with Gasteiger partial charge in [0.1, 0.15) is 5.76 Å². The molecule has 2 nitrogen and oxygen atoms in total. The highest BCUT2D eigenvalue weighted by molar-refractivity contribution is 5.06. The molecule has 0 bridgehead atoms. The molecule has 0 aliphatic rings. The number of aliphatic hydroxyl groups is 1. The minimum Gasteiger partial charge on any atom is -0.511 e. The van der Waals surface area contributed by atoms with Gasteiger partial charge in [-0.2, -0.15) is 0 Å². The zero-order valence-corrected chi connectivity index (χ0v) is 6.83. The van der Waals surface area contributed by atoms with E-state index in [1.165, 1.54) is 0 Å². The van der Waals surface area contributed by atoms with Gasteiger partial charge in [-0.05, 0) is 27.1 Å². The van der Waals surface area contributed by atoms with E-state index < -0.39 is 0 Å². The van der Waals surface area contributed by atoms with Crippen molar-refractivity contribution in [2.75, 3.05) is 20.6 Å². The Labute approximate surface area is 62.5 Å². The number of hydrogen-bond acceptors (Lipinski definition) is 2. The molecule has 0 amide bonds. The van der Waals surface area contributed by atoms with Crippen molar-refractivity contribution in [3.63, 3.8) is 0 Å². The van der Waals surface area contributed by atoms with Gasteiger partial charge in [0, 0.05) is 0 Å². The summed E-state index contributed by atoms with van der Waals surface area (Å²) in [7, 11) is 3.83. The third-order valence-corrected chi connectivity index (χ3v) is 0.959. The summed E-state index contributed by atoms with van der Waals surface area (Å²) >= 11 is 0. The monoisotopic (exact) mass is 141 g/mol. The van der Waals surface area contributed by atoms with E-state index in [1.807, 2.05) is 38.1 Å². The SMILES string of the molecule is C/C=C/C=C(\O)CN(C)C. The molecular formula is C8H15NO. The first-order chi connectivity index (χ1) is 4.66. The number of rotatable bonds is 3. The first-order valence-corrected chi connectivity index (χ1v) is 3.32. The van der Waals surface area contributed by atoms with E-state index >= 15 is 0 Å². The van der Waals surface area contributed by atoms with Crippen molar-refractivity contribution in [2.45, 2.75) is 6.92 Å². The molecule has 0 radical (unpaired) electrons. The lowest BCUT2D eigenvalue weighted by Crippen LogP contribution is -2.14. The van der Waals surface area contributed by atoms with Gasteiger partial charge in [-0.3, -0.25) is 0 Å². The fourth-order valence-electron chi connectivity index (χ4n) is 0.584. The van der Waals surface area contributed by atoms with Crippen LogP contribution in [0.4, 0.5) is 0 Å². The lowest BCUT2D eigenvalue weighted by Gasteiger charge is -2.06. The molecule has 0 heterocycles. The molecule has 2 heteroatoms. The second-order valence-corrected chi connectivity index (χ2v) is 2.42. The van der Waals surface area contributed by atoms with Crippen molar-refractivity contribution in [3.05, 3.63) is 24.0 Å². The van der Waals surface area contributed by atoms with Crippen LogP contribution in [0, 0.1) is 0 Å². The van der Waals surface area contributed by atoms with E-state index in [0.717, 1.165) is 0 Å². The summed E-state index contributed by atoms with van der Waals surface area (Å²) in [6.45, 7) is 2.52. The molecule has 0 aromatic carbocycles. The Morgan fingerprint density at radius 2 is 2.10 bits per heavy atom. The van der Waals surface area contributed by atoms with Crippen molar-refractivity contribution in [3.8, 4) is 0 Å². The molecule has 1 N–H and O–H groups in total. The zero-order chi connectivity index (χ0) is 7.98. The summed E-state index contributed by atoms with van der Waals surface area (Å²) in [5, 5.41) is 9.12. The van der Waals surface area contributed by atoms with E-state index in [-0.39, 0.29) is 0 Å². The van der Waals surface area contributed by atoms with Crippen LogP contribution in [0.1, 0.15) is 6.92 Å². The topological polar surface area (TPSA) is 23.5 Å². The molecule has 0 aliphatic carbocycles. The largest absolute Gasteiger partial charge is 0.511 e. The molecular weight excluding hydrogens is 126 g/mol. The number of hydrogen-bond donors (Lipinski definition) is 1. The molecule has 0 spiro atoms. The standard InChI is InChI=1S/C8H15NO/c1-4-5-6-8(10)7-9(2)3/h4-6,10H,7H2,1-3H3/b5-4+,8-6-. The summed E-state index contributed by atoms with van der Waals surface area (Å²) in [4.78, 5) is 1.91. The van der Waals surface area contributed by atoms with Gasteiger partial charge >= 0.3 is 0 Å². The fourth-order valence-corrected chi connectivity index (χ4v) is 0.584. The second-order valence-electron chi connectivity index (χ2n) is 2.42. The summed E-state index contributed by atoms with van der Waals surface area (Å²) in [5.41, 5.74) is 0. The fraction of sp³-hybridized carbons (Fsp3) is 0.500. The number of nitrogens with zero attached hydrogens (tertiary/aromatic N) is 1. The summed E-state index contributed by atoms with van der Waals surface area (Å²) in [5.74, 6) is 0.392. The molecule has 58 valence electrons. The Morgan fingerprint density at radius 1 is 1.50 bits per heavy atom. The summed E-state index contributed by atoms with van der Waals surface area (Å²) in [6.07, 6.45) is 5.39. The third-order valence-electron chi connectivity index (χ3n) is 0.959. The molecule has 0 atom stereocenters. The Bertz CT molecular complexity index is 136. The summed E-state index contributed by atoms with van der Waals surface area (Å²) in [6, 6.07) is 0. The third kappa shape index (κ3) is 5.38. The van der Waals surface area contributed by atoms with E-state index in [4.69, 9.17) is 5.11 Å². The van der Waals surface area contributed by atoms with Crippen LogP contribution < -0.4 is 0 Å². The number of aliphatic hydroxyl groups excluding tert-OH is 1. The average molecular weight is 141 g/mol. The van der Waals surface area contributed by atoms with E-state index in [1.54, 1.807) is 6.08 Å². The zero-order valence-electron chi connectivity index (χ0n) is 6.83. The van der Waals surface area contributed by atoms with Gasteiger partial charge in [-0.1, -0.05) is 12.2 Å². The van der Waals surface area contributed by atoms with Crippen LogP contribution in [0.2, 0.25) is 0 Å². The first-order valence-electron chi connectivity index (χ1n) is 3.32. The molecule has 0 aromatic rings. The maximum absolute atomic E-state index is 9.12. The highest BCUT2D eigenvalue weighted by atomic mass is 16.3. The van der Waals surface area contributed by atoms with Crippen LogP contribution >= 0.6 is 0 Å². The molecule has 0 rings (SSSR count). The minimum atomic E-state index is 0.392. The molecule has 0 unspecified atom stereocenters. The molecule has 0 fully saturated rings. The van der Waals surface area contributed by atoms with Crippen LogP contribution in [0.5, 0.6) is 0 Å². The Kier molecular flexibility index (Phi) is 4.67. The van der Waals surface area contributed by atoms with Gasteiger partial charge in [0.2, 0.25) is 0 Å². The Hall–Kier alpha value is -0.760. The minimum absolute atomic E-state index is 0.392. The van der Waals surface area contributed by atoms with Gasteiger partial charge in [0.25, 0.3) is 0 Å². The van der Waals surface area contributed by atoms with Crippen LogP contribution in [0.25, 0.3) is 0 Å². The Balaban J connectivity index is 3.71. The van der Waals surface area contributed by atoms with Gasteiger partial charge in [0.05, 0.1) is 6.54 Å². The molecule has 0 saturated heterocycles. The first kappa shape index (κ1) is 9.24. The van der Waals surface area contributed by atoms with E-state index in [9.17, 15) is 0 Å². The Morgan fingerprint density at radius 3 is 2.50 bits per heavy atom. The quantitative estimate of drug-likeness (QED) is 0.476. The molecule has 0 aromatic heterocycles. The van der Waals surface area contributed by atoms with Crippen LogP contribution in [-0.4, -0.2) is 30.6 Å². The predicted octanol–water partition coefficient (Wildman–Crippen LogP) is 1.57. The maximum atomic E-state index is 9.12. The normalized spacial score (nSPS) is 13.4. The van der Waals surface area contributed by atoms with Gasteiger partial charge in [0.15, 0.2) is 0 Å².